The van der Waals surface area contributed by atoms with Gasteiger partial charge in [-0.15, -0.1) is 11.3 Å². The van der Waals surface area contributed by atoms with Crippen LogP contribution < -0.4 is 10.9 Å². The maximum absolute atomic E-state index is 3.38. The Balaban J connectivity index is 1.57. The number of fused-ring (bicyclic) bond motifs is 3. The molecular formula is C19H18N2S. The summed E-state index contributed by atoms with van der Waals surface area (Å²) in [5.74, 6) is 0. The van der Waals surface area contributed by atoms with Gasteiger partial charge < -0.3 is 5.43 Å². The highest BCUT2D eigenvalue weighted by molar-refractivity contribution is 7.20. The minimum atomic E-state index is 0.808. The number of hydrogen-bond acceptors (Lipinski definition) is 3. The minimum Gasteiger partial charge on any atom is -0.320 e. The van der Waals surface area contributed by atoms with Crippen LogP contribution in [0.15, 0.2) is 54.6 Å². The summed E-state index contributed by atoms with van der Waals surface area (Å²) in [6.07, 6.45) is 6.89. The molecule has 0 spiro atoms. The van der Waals surface area contributed by atoms with Gasteiger partial charge in [0.1, 0.15) is 0 Å². The third-order valence-corrected chi connectivity index (χ3v) is 5.33. The molecule has 3 heteroatoms. The Kier molecular flexibility index (Phi) is 3.67. The molecule has 4 rings (SSSR count). The van der Waals surface area contributed by atoms with E-state index in [4.69, 9.17) is 0 Å². The molecule has 0 radical (unpaired) electrons. The minimum absolute atomic E-state index is 0.808. The van der Waals surface area contributed by atoms with Crippen LogP contribution in [0.4, 0.5) is 5.69 Å². The molecule has 22 heavy (non-hydrogen) atoms. The van der Waals surface area contributed by atoms with Gasteiger partial charge in [-0.3, -0.25) is 0 Å². The van der Waals surface area contributed by atoms with Crippen molar-refractivity contribution in [3.05, 3.63) is 70.6 Å². The molecule has 2 N–H and O–H groups in total. The topological polar surface area (TPSA) is 24.1 Å². The van der Waals surface area contributed by atoms with Gasteiger partial charge >= 0.3 is 0 Å². The summed E-state index contributed by atoms with van der Waals surface area (Å²) in [7, 11) is 0. The molecule has 1 heterocycles. The third-order valence-electron chi connectivity index (χ3n) is 4.01. The first-order valence-corrected chi connectivity index (χ1v) is 8.47. The molecule has 0 saturated carbocycles. The zero-order chi connectivity index (χ0) is 14.8. The zero-order valence-corrected chi connectivity index (χ0v) is 13.1. The number of anilines is 1. The van der Waals surface area contributed by atoms with Crippen molar-refractivity contribution in [3.63, 3.8) is 0 Å². The van der Waals surface area contributed by atoms with E-state index in [0.29, 0.717) is 0 Å². The fourth-order valence-corrected chi connectivity index (χ4v) is 4.18. The SMILES string of the molecule is C1=Cc2c(sc3c(NNCc4ccccc4)cccc23)CC1. The van der Waals surface area contributed by atoms with Crippen molar-refractivity contribution in [1.82, 2.24) is 5.43 Å². The molecule has 2 aromatic carbocycles. The van der Waals surface area contributed by atoms with Crippen LogP contribution in [0.5, 0.6) is 0 Å². The second-order valence-corrected chi connectivity index (χ2v) is 6.63. The lowest BCUT2D eigenvalue weighted by molar-refractivity contribution is 0.803. The number of hydrogen-bond donors (Lipinski definition) is 2. The molecule has 0 atom stereocenters. The maximum atomic E-state index is 3.38. The summed E-state index contributed by atoms with van der Waals surface area (Å²) >= 11 is 1.92. The Bertz CT molecular complexity index is 818. The van der Waals surface area contributed by atoms with E-state index in [1.54, 1.807) is 0 Å². The number of nitrogens with one attached hydrogen (secondary N) is 2. The van der Waals surface area contributed by atoms with Gasteiger partial charge in [0.05, 0.1) is 10.4 Å². The van der Waals surface area contributed by atoms with E-state index in [2.05, 4.69) is 65.5 Å². The van der Waals surface area contributed by atoms with E-state index in [1.807, 2.05) is 17.4 Å². The zero-order valence-electron chi connectivity index (χ0n) is 12.3. The van der Waals surface area contributed by atoms with Crippen molar-refractivity contribution < 1.29 is 0 Å². The van der Waals surface area contributed by atoms with Gasteiger partial charge in [0.2, 0.25) is 0 Å². The molecule has 3 aromatic rings. The fraction of sp³-hybridized carbons (Fsp3) is 0.158. The molecule has 0 saturated heterocycles. The molecule has 0 aliphatic heterocycles. The molecule has 0 amide bonds. The summed E-state index contributed by atoms with van der Waals surface area (Å²) < 4.78 is 1.35. The predicted octanol–water partition coefficient (Wildman–Crippen LogP) is 4.98. The van der Waals surface area contributed by atoms with Gasteiger partial charge in [-0.2, -0.15) is 0 Å². The summed E-state index contributed by atoms with van der Waals surface area (Å²) in [6.45, 7) is 0.808. The Hall–Kier alpha value is -2.10. The fourth-order valence-electron chi connectivity index (χ4n) is 2.91. The molecule has 0 bridgehead atoms. The molecule has 110 valence electrons. The second kappa shape index (κ2) is 5.95. The standard InChI is InChI=1S/C19H18N2S/c1-2-7-14(8-3-1)13-20-21-17-11-6-10-16-15-9-4-5-12-18(15)22-19(16)17/h1-4,6-11,20-21H,5,12-13H2. The van der Waals surface area contributed by atoms with Crippen LogP contribution in [0.1, 0.15) is 22.4 Å². The van der Waals surface area contributed by atoms with Crippen molar-refractivity contribution in [2.24, 2.45) is 0 Å². The Morgan fingerprint density at radius 3 is 2.82 bits per heavy atom. The van der Waals surface area contributed by atoms with Gasteiger partial charge in [0.15, 0.2) is 0 Å². The Labute approximate surface area is 134 Å². The number of aryl methyl sites for hydroxylation is 1. The van der Waals surface area contributed by atoms with Gasteiger partial charge in [0.25, 0.3) is 0 Å². The van der Waals surface area contributed by atoms with E-state index < -0.39 is 0 Å². The van der Waals surface area contributed by atoms with E-state index in [1.165, 1.54) is 38.2 Å². The quantitative estimate of drug-likeness (QED) is 0.664. The molecule has 2 nitrogen and oxygen atoms in total. The summed E-state index contributed by atoms with van der Waals surface area (Å²) in [4.78, 5) is 1.51. The average molecular weight is 306 g/mol. The van der Waals surface area contributed by atoms with Crippen molar-refractivity contribution in [1.29, 1.82) is 0 Å². The van der Waals surface area contributed by atoms with Gasteiger partial charge in [-0.05, 0) is 30.0 Å². The lowest BCUT2D eigenvalue weighted by atomic mass is 10.0. The number of allylic oxidation sites excluding steroid dienone is 1. The predicted molar refractivity (Wildman–Crippen MR) is 96.1 cm³/mol. The molecule has 0 fully saturated rings. The van der Waals surface area contributed by atoms with E-state index in [-0.39, 0.29) is 0 Å². The number of rotatable bonds is 4. The Morgan fingerprint density at radius 2 is 1.91 bits per heavy atom. The van der Waals surface area contributed by atoms with E-state index in [9.17, 15) is 0 Å². The smallest absolute Gasteiger partial charge is 0.0666 e. The summed E-state index contributed by atoms with van der Waals surface area (Å²) in [5, 5.41) is 1.36. The summed E-state index contributed by atoms with van der Waals surface area (Å²) in [6, 6.07) is 16.9. The first-order chi connectivity index (χ1) is 10.9. The average Bonchev–Trinajstić information content (AvgIpc) is 2.96. The lowest BCUT2D eigenvalue weighted by Crippen LogP contribution is -2.20. The van der Waals surface area contributed by atoms with Crippen LogP contribution in [0.3, 0.4) is 0 Å². The molecule has 0 unspecified atom stereocenters. The van der Waals surface area contributed by atoms with Crippen molar-refractivity contribution in [2.45, 2.75) is 19.4 Å². The third kappa shape index (κ3) is 2.54. The van der Waals surface area contributed by atoms with Crippen molar-refractivity contribution in [3.8, 4) is 0 Å². The van der Waals surface area contributed by atoms with Crippen LogP contribution in [-0.2, 0) is 13.0 Å². The van der Waals surface area contributed by atoms with Gasteiger partial charge in [0, 0.05) is 16.8 Å². The molecular weight excluding hydrogens is 288 g/mol. The maximum Gasteiger partial charge on any atom is 0.0666 e. The highest BCUT2D eigenvalue weighted by Gasteiger charge is 2.14. The van der Waals surface area contributed by atoms with Crippen LogP contribution in [0, 0.1) is 0 Å². The van der Waals surface area contributed by atoms with Crippen LogP contribution in [0.2, 0.25) is 0 Å². The highest BCUT2D eigenvalue weighted by Crippen LogP contribution is 2.39. The Morgan fingerprint density at radius 1 is 1.00 bits per heavy atom. The second-order valence-electron chi connectivity index (χ2n) is 5.53. The molecule has 1 aliphatic rings. The summed E-state index contributed by atoms with van der Waals surface area (Å²) in [5.41, 5.74) is 10.6. The van der Waals surface area contributed by atoms with Gasteiger partial charge in [-0.1, -0.05) is 54.6 Å². The number of hydrazine groups is 1. The number of benzene rings is 2. The highest BCUT2D eigenvalue weighted by atomic mass is 32.1. The van der Waals surface area contributed by atoms with Gasteiger partial charge in [-0.25, -0.2) is 5.43 Å². The van der Waals surface area contributed by atoms with Crippen molar-refractivity contribution >= 4 is 33.2 Å². The largest absolute Gasteiger partial charge is 0.320 e. The number of thiophene rings is 1. The van der Waals surface area contributed by atoms with Crippen LogP contribution in [0.25, 0.3) is 16.2 Å². The molecule has 1 aromatic heterocycles. The normalized spacial score (nSPS) is 13.3. The lowest BCUT2D eigenvalue weighted by Gasteiger charge is -2.09. The van der Waals surface area contributed by atoms with Crippen LogP contribution >= 0.6 is 11.3 Å². The first kappa shape index (κ1) is 13.6. The first-order valence-electron chi connectivity index (χ1n) is 7.65. The van der Waals surface area contributed by atoms with Crippen LogP contribution in [-0.4, -0.2) is 0 Å². The van der Waals surface area contributed by atoms with E-state index >= 15 is 0 Å². The van der Waals surface area contributed by atoms with Crippen molar-refractivity contribution in [2.75, 3.05) is 5.43 Å². The molecule has 1 aliphatic carbocycles. The monoisotopic (exact) mass is 306 g/mol. The van der Waals surface area contributed by atoms with E-state index in [0.717, 1.165) is 13.0 Å².